The summed E-state index contributed by atoms with van der Waals surface area (Å²) < 4.78 is 4.96. The molecule has 7 nitrogen and oxygen atoms in total. The number of ether oxygens (including phenoxy) is 1. The lowest BCUT2D eigenvalue weighted by atomic mass is 10.3. The maximum absolute atomic E-state index is 8.98. The molecular weight excluding hydrogens is 224 g/mol. The summed E-state index contributed by atoms with van der Waals surface area (Å²) in [5, 5.41) is 23.8. The molecule has 0 aliphatic heterocycles. The standard InChI is InChI=1S/C10H18N4O3/c1-11-8-3-9(12-7(4-15)5-16)14-10(13-8)6-17-2/h3,7,15-16H,4-6H2,1-2H3,(H2,11,12,13,14). The minimum absolute atomic E-state index is 0.172. The van der Waals surface area contributed by atoms with E-state index in [2.05, 4.69) is 20.6 Å². The van der Waals surface area contributed by atoms with Crippen molar-refractivity contribution in [2.24, 2.45) is 0 Å². The number of hydrogen-bond acceptors (Lipinski definition) is 7. The van der Waals surface area contributed by atoms with E-state index < -0.39 is 6.04 Å². The minimum Gasteiger partial charge on any atom is -0.394 e. The van der Waals surface area contributed by atoms with E-state index in [0.717, 1.165) is 0 Å². The van der Waals surface area contributed by atoms with Crippen LogP contribution in [0, 0.1) is 0 Å². The van der Waals surface area contributed by atoms with Crippen molar-refractivity contribution in [1.82, 2.24) is 9.97 Å². The van der Waals surface area contributed by atoms with Crippen LogP contribution in [0.1, 0.15) is 5.82 Å². The lowest BCUT2D eigenvalue weighted by molar-refractivity contribution is 0.178. The van der Waals surface area contributed by atoms with Gasteiger partial charge in [0.15, 0.2) is 5.82 Å². The van der Waals surface area contributed by atoms with E-state index in [1.54, 1.807) is 20.2 Å². The van der Waals surface area contributed by atoms with Crippen LogP contribution in [0.5, 0.6) is 0 Å². The molecule has 0 spiro atoms. The summed E-state index contributed by atoms with van der Waals surface area (Å²) in [6.07, 6.45) is 0. The summed E-state index contributed by atoms with van der Waals surface area (Å²) in [6, 6.07) is 1.25. The molecule has 0 bridgehead atoms. The molecule has 0 atom stereocenters. The van der Waals surface area contributed by atoms with Gasteiger partial charge in [-0.25, -0.2) is 9.97 Å². The van der Waals surface area contributed by atoms with Crippen molar-refractivity contribution in [3.63, 3.8) is 0 Å². The van der Waals surface area contributed by atoms with Gasteiger partial charge in [0.25, 0.3) is 0 Å². The Hall–Kier alpha value is -1.44. The van der Waals surface area contributed by atoms with Gasteiger partial charge in [-0.05, 0) is 0 Å². The fourth-order valence-corrected chi connectivity index (χ4v) is 1.25. The van der Waals surface area contributed by atoms with Crippen LogP contribution >= 0.6 is 0 Å². The van der Waals surface area contributed by atoms with Crippen LogP contribution in [0.3, 0.4) is 0 Å². The lowest BCUT2D eigenvalue weighted by Gasteiger charge is -2.15. The van der Waals surface area contributed by atoms with Crippen LogP contribution < -0.4 is 10.6 Å². The largest absolute Gasteiger partial charge is 0.394 e. The molecule has 96 valence electrons. The summed E-state index contributed by atoms with van der Waals surface area (Å²) in [6.45, 7) is -0.0445. The average molecular weight is 242 g/mol. The molecule has 0 amide bonds. The molecule has 17 heavy (non-hydrogen) atoms. The van der Waals surface area contributed by atoms with E-state index in [9.17, 15) is 0 Å². The van der Waals surface area contributed by atoms with E-state index in [0.29, 0.717) is 24.1 Å². The molecule has 0 aliphatic rings. The van der Waals surface area contributed by atoms with Crippen LogP contribution in [0.2, 0.25) is 0 Å². The smallest absolute Gasteiger partial charge is 0.158 e. The Morgan fingerprint density at radius 3 is 2.47 bits per heavy atom. The van der Waals surface area contributed by atoms with E-state index in [1.807, 2.05) is 0 Å². The number of nitrogens with zero attached hydrogens (tertiary/aromatic N) is 2. The van der Waals surface area contributed by atoms with Gasteiger partial charge in [-0.3, -0.25) is 0 Å². The van der Waals surface area contributed by atoms with Crippen molar-refractivity contribution in [3.8, 4) is 0 Å². The minimum atomic E-state index is -0.440. The third kappa shape index (κ3) is 4.14. The topological polar surface area (TPSA) is 99.5 Å². The maximum Gasteiger partial charge on any atom is 0.158 e. The molecular formula is C10H18N4O3. The van der Waals surface area contributed by atoms with Crippen LogP contribution in [0.4, 0.5) is 11.6 Å². The second kappa shape index (κ2) is 7.00. The molecule has 7 heteroatoms. The lowest BCUT2D eigenvalue weighted by Crippen LogP contribution is -2.28. The molecule has 1 rings (SSSR count). The van der Waals surface area contributed by atoms with Crippen LogP contribution in [-0.2, 0) is 11.3 Å². The number of hydrogen-bond donors (Lipinski definition) is 4. The highest BCUT2D eigenvalue weighted by atomic mass is 16.5. The Balaban J connectivity index is 2.85. The number of aromatic nitrogens is 2. The van der Waals surface area contributed by atoms with Gasteiger partial charge in [-0.2, -0.15) is 0 Å². The quantitative estimate of drug-likeness (QED) is 0.508. The van der Waals surface area contributed by atoms with Crippen molar-refractivity contribution in [2.75, 3.05) is 38.0 Å². The zero-order valence-corrected chi connectivity index (χ0v) is 9.97. The zero-order valence-electron chi connectivity index (χ0n) is 9.97. The summed E-state index contributed by atoms with van der Waals surface area (Å²) in [5.41, 5.74) is 0. The molecule has 1 aromatic rings. The molecule has 0 fully saturated rings. The molecule has 0 saturated carbocycles. The van der Waals surface area contributed by atoms with Gasteiger partial charge in [0.2, 0.25) is 0 Å². The van der Waals surface area contributed by atoms with E-state index in [4.69, 9.17) is 14.9 Å². The Labute approximate surface area is 99.9 Å². The van der Waals surface area contributed by atoms with Gasteiger partial charge < -0.3 is 25.6 Å². The highest BCUT2D eigenvalue weighted by molar-refractivity contribution is 5.47. The Morgan fingerprint density at radius 2 is 1.94 bits per heavy atom. The van der Waals surface area contributed by atoms with Gasteiger partial charge in [-0.15, -0.1) is 0 Å². The Kier molecular flexibility index (Phi) is 5.61. The van der Waals surface area contributed by atoms with Gasteiger partial charge in [0.05, 0.1) is 19.3 Å². The fraction of sp³-hybridized carbons (Fsp3) is 0.600. The third-order valence-electron chi connectivity index (χ3n) is 2.09. The first kappa shape index (κ1) is 13.6. The Morgan fingerprint density at radius 1 is 1.29 bits per heavy atom. The van der Waals surface area contributed by atoms with E-state index in [-0.39, 0.29) is 13.2 Å². The molecule has 0 aliphatic carbocycles. The molecule has 1 heterocycles. The van der Waals surface area contributed by atoms with Crippen LogP contribution in [0.15, 0.2) is 6.07 Å². The number of rotatable bonds is 7. The summed E-state index contributed by atoms with van der Waals surface area (Å²) >= 11 is 0. The van der Waals surface area contributed by atoms with Crippen molar-refractivity contribution in [1.29, 1.82) is 0 Å². The highest BCUT2D eigenvalue weighted by Gasteiger charge is 2.09. The van der Waals surface area contributed by atoms with Crippen molar-refractivity contribution < 1.29 is 14.9 Å². The first-order chi connectivity index (χ1) is 8.23. The number of anilines is 2. The average Bonchev–Trinajstić information content (AvgIpc) is 2.36. The zero-order chi connectivity index (χ0) is 12.7. The summed E-state index contributed by atoms with van der Waals surface area (Å²) in [4.78, 5) is 8.39. The molecule has 1 aromatic heterocycles. The van der Waals surface area contributed by atoms with Crippen LogP contribution in [-0.4, -0.2) is 53.6 Å². The molecule has 0 radical (unpaired) electrons. The SMILES string of the molecule is CNc1cc(NC(CO)CO)nc(COC)n1. The fourth-order valence-electron chi connectivity index (χ4n) is 1.25. The van der Waals surface area contributed by atoms with E-state index >= 15 is 0 Å². The first-order valence-electron chi connectivity index (χ1n) is 5.26. The summed E-state index contributed by atoms with van der Waals surface area (Å²) in [7, 11) is 3.31. The van der Waals surface area contributed by atoms with Crippen molar-refractivity contribution >= 4 is 11.6 Å². The van der Waals surface area contributed by atoms with Gasteiger partial charge in [-0.1, -0.05) is 0 Å². The normalized spacial score (nSPS) is 10.6. The van der Waals surface area contributed by atoms with Crippen molar-refractivity contribution in [2.45, 2.75) is 12.6 Å². The second-order valence-corrected chi connectivity index (χ2v) is 3.44. The third-order valence-corrected chi connectivity index (χ3v) is 2.09. The van der Waals surface area contributed by atoms with Gasteiger partial charge in [0.1, 0.15) is 18.2 Å². The van der Waals surface area contributed by atoms with Crippen LogP contribution in [0.25, 0.3) is 0 Å². The monoisotopic (exact) mass is 242 g/mol. The first-order valence-corrected chi connectivity index (χ1v) is 5.26. The number of nitrogens with one attached hydrogen (secondary N) is 2. The number of aliphatic hydroxyl groups is 2. The molecule has 0 saturated heterocycles. The molecule has 0 aromatic carbocycles. The van der Waals surface area contributed by atoms with Gasteiger partial charge in [0, 0.05) is 20.2 Å². The van der Waals surface area contributed by atoms with Gasteiger partial charge >= 0.3 is 0 Å². The summed E-state index contributed by atoms with van der Waals surface area (Å²) in [5.74, 6) is 1.70. The second-order valence-electron chi connectivity index (χ2n) is 3.44. The Bertz CT molecular complexity index is 344. The van der Waals surface area contributed by atoms with Crippen molar-refractivity contribution in [3.05, 3.63) is 11.9 Å². The number of aliphatic hydroxyl groups excluding tert-OH is 2. The predicted molar refractivity (Wildman–Crippen MR) is 63.9 cm³/mol. The predicted octanol–water partition coefficient (Wildman–Crippen LogP) is -0.570. The maximum atomic E-state index is 8.98. The van der Waals surface area contributed by atoms with E-state index in [1.165, 1.54) is 0 Å². The molecule has 4 N–H and O–H groups in total. The molecule has 0 unspecified atom stereocenters. The highest BCUT2D eigenvalue weighted by Crippen LogP contribution is 2.12. The number of methoxy groups -OCH3 is 1.